The Morgan fingerprint density at radius 2 is 2.04 bits per heavy atom. The predicted octanol–water partition coefficient (Wildman–Crippen LogP) is 2.96. The van der Waals surface area contributed by atoms with Crippen molar-refractivity contribution in [2.24, 2.45) is 4.40 Å². The van der Waals surface area contributed by atoms with Gasteiger partial charge in [0.1, 0.15) is 10.9 Å². The molecule has 0 aliphatic carbocycles. The van der Waals surface area contributed by atoms with Crippen LogP contribution in [-0.4, -0.2) is 43.9 Å². The summed E-state index contributed by atoms with van der Waals surface area (Å²) in [6, 6.07) is 14.0. The van der Waals surface area contributed by atoms with Crippen molar-refractivity contribution in [2.75, 3.05) is 18.1 Å². The number of benzene rings is 2. The molecule has 1 atom stereocenters. The van der Waals surface area contributed by atoms with Crippen molar-refractivity contribution in [2.45, 2.75) is 28.7 Å². The molecule has 0 bridgehead atoms. The van der Waals surface area contributed by atoms with Gasteiger partial charge in [-0.25, -0.2) is 0 Å². The molecule has 2 aromatic rings. The number of nitrogens with zero attached hydrogens (tertiary/aromatic N) is 2. The Morgan fingerprint density at radius 3 is 2.85 bits per heavy atom. The summed E-state index contributed by atoms with van der Waals surface area (Å²) >= 11 is 1.61. The maximum Gasteiger partial charge on any atom is 0.285 e. The number of carbonyl (C=O) groups excluding carboxylic acids is 1. The van der Waals surface area contributed by atoms with E-state index >= 15 is 0 Å². The van der Waals surface area contributed by atoms with Crippen LogP contribution in [0.15, 0.2) is 62.7 Å². The van der Waals surface area contributed by atoms with Gasteiger partial charge in [-0.15, -0.1) is 16.2 Å². The monoisotopic (exact) mass is 401 g/mol. The zero-order chi connectivity index (χ0) is 19.0. The lowest BCUT2D eigenvalue weighted by molar-refractivity contribution is -0.119. The van der Waals surface area contributed by atoms with Gasteiger partial charge in [-0.2, -0.15) is 8.42 Å². The molecule has 2 heterocycles. The highest BCUT2D eigenvalue weighted by Gasteiger charge is 2.39. The molecule has 4 rings (SSSR count). The van der Waals surface area contributed by atoms with E-state index in [-0.39, 0.29) is 10.8 Å². The van der Waals surface area contributed by atoms with Gasteiger partial charge < -0.3 is 10.2 Å². The van der Waals surface area contributed by atoms with Crippen molar-refractivity contribution in [3.63, 3.8) is 0 Å². The van der Waals surface area contributed by atoms with Crippen LogP contribution < -0.4 is 5.32 Å². The standard InChI is InChI=1S/C19H19N3O3S2/c1-26-14-7-4-6-13(12-14)20-19(23)16-9-5-11-22(16)18-15-8-2-3-10-17(15)27(24,25)21-18/h2-4,6-8,10,12,16H,5,9,11H2,1H3,(H,20,23)/t16-/m0/s1. The second-order valence-electron chi connectivity index (χ2n) is 6.46. The summed E-state index contributed by atoms with van der Waals surface area (Å²) < 4.78 is 28.7. The minimum absolute atomic E-state index is 0.143. The molecule has 2 aromatic carbocycles. The van der Waals surface area contributed by atoms with E-state index in [2.05, 4.69) is 9.71 Å². The molecule has 140 valence electrons. The van der Waals surface area contributed by atoms with Crippen LogP contribution in [0.3, 0.4) is 0 Å². The third kappa shape index (κ3) is 3.35. The normalized spacial score (nSPS) is 20.3. The summed E-state index contributed by atoms with van der Waals surface area (Å²) in [5.74, 6) is 0.233. The Balaban J connectivity index is 1.60. The molecule has 27 heavy (non-hydrogen) atoms. The SMILES string of the molecule is CSc1cccc(NC(=O)[C@@H]2CCCN2C2=NS(=O)(=O)c3ccccc32)c1. The number of carbonyl (C=O) groups is 1. The fourth-order valence-corrected chi connectivity index (χ4v) is 5.19. The van der Waals surface area contributed by atoms with Crippen LogP contribution in [0, 0.1) is 0 Å². The number of fused-ring (bicyclic) bond motifs is 1. The van der Waals surface area contributed by atoms with Gasteiger partial charge in [-0.05, 0) is 49.4 Å². The second-order valence-corrected chi connectivity index (χ2v) is 8.91. The van der Waals surface area contributed by atoms with Gasteiger partial charge in [-0.3, -0.25) is 4.79 Å². The number of thioether (sulfide) groups is 1. The number of hydrogen-bond donors (Lipinski definition) is 1. The Hall–Kier alpha value is -2.32. The van der Waals surface area contributed by atoms with Crippen LogP contribution >= 0.6 is 11.8 Å². The first kappa shape index (κ1) is 18.1. The van der Waals surface area contributed by atoms with Gasteiger partial charge in [0.2, 0.25) is 5.91 Å². The summed E-state index contributed by atoms with van der Waals surface area (Å²) in [5, 5.41) is 2.96. The Kier molecular flexibility index (Phi) is 4.69. The Morgan fingerprint density at radius 1 is 1.22 bits per heavy atom. The number of hydrogen-bond acceptors (Lipinski definition) is 5. The first-order valence-corrected chi connectivity index (χ1v) is 11.3. The van der Waals surface area contributed by atoms with Crippen molar-refractivity contribution < 1.29 is 13.2 Å². The molecule has 2 aliphatic heterocycles. The van der Waals surface area contributed by atoms with Crippen molar-refractivity contribution in [1.29, 1.82) is 0 Å². The maximum atomic E-state index is 12.9. The third-order valence-corrected chi connectivity index (χ3v) is 6.83. The van der Waals surface area contributed by atoms with E-state index in [0.29, 0.717) is 24.4 Å². The molecule has 8 heteroatoms. The van der Waals surface area contributed by atoms with E-state index < -0.39 is 16.1 Å². The molecule has 0 unspecified atom stereocenters. The molecule has 2 aliphatic rings. The highest BCUT2D eigenvalue weighted by atomic mass is 32.2. The smallest absolute Gasteiger partial charge is 0.285 e. The first-order valence-electron chi connectivity index (χ1n) is 8.65. The molecule has 0 saturated carbocycles. The first-order chi connectivity index (χ1) is 13.0. The second kappa shape index (κ2) is 7.01. The lowest BCUT2D eigenvalue weighted by Gasteiger charge is -2.25. The Labute approximate surface area is 162 Å². The molecule has 6 nitrogen and oxygen atoms in total. The highest BCUT2D eigenvalue weighted by molar-refractivity contribution is 7.98. The molecular formula is C19H19N3O3S2. The summed E-state index contributed by atoms with van der Waals surface area (Å²) in [4.78, 5) is 16.0. The van der Waals surface area contributed by atoms with Gasteiger partial charge in [0.15, 0.2) is 5.84 Å². The largest absolute Gasteiger partial charge is 0.343 e. The van der Waals surface area contributed by atoms with Crippen LogP contribution in [0.5, 0.6) is 0 Å². The van der Waals surface area contributed by atoms with Crippen LogP contribution in [0.25, 0.3) is 0 Å². The molecule has 0 aromatic heterocycles. The molecule has 1 N–H and O–H groups in total. The predicted molar refractivity (Wildman–Crippen MR) is 107 cm³/mol. The summed E-state index contributed by atoms with van der Waals surface area (Å²) in [5.41, 5.74) is 1.31. The van der Waals surface area contributed by atoms with Crippen LogP contribution in [-0.2, 0) is 14.8 Å². The average Bonchev–Trinajstić information content (AvgIpc) is 3.25. The number of nitrogens with one attached hydrogen (secondary N) is 1. The summed E-state index contributed by atoms with van der Waals surface area (Å²) in [7, 11) is -3.70. The van der Waals surface area contributed by atoms with Crippen molar-refractivity contribution in [3.05, 3.63) is 54.1 Å². The van der Waals surface area contributed by atoms with E-state index in [1.54, 1.807) is 36.0 Å². The van der Waals surface area contributed by atoms with Gasteiger partial charge >= 0.3 is 0 Å². The molecule has 1 fully saturated rings. The van der Waals surface area contributed by atoms with E-state index in [4.69, 9.17) is 0 Å². The number of likely N-dealkylation sites (tertiary alicyclic amines) is 1. The van der Waals surface area contributed by atoms with E-state index in [1.807, 2.05) is 35.4 Å². The van der Waals surface area contributed by atoms with Crippen LogP contribution in [0.1, 0.15) is 18.4 Å². The van der Waals surface area contributed by atoms with Gasteiger partial charge in [0.05, 0.1) is 0 Å². The zero-order valence-electron chi connectivity index (χ0n) is 14.8. The van der Waals surface area contributed by atoms with Crippen LogP contribution in [0.2, 0.25) is 0 Å². The van der Waals surface area contributed by atoms with Crippen molar-refractivity contribution in [3.8, 4) is 0 Å². The molecule has 0 spiro atoms. The lowest BCUT2D eigenvalue weighted by atomic mass is 10.1. The average molecular weight is 402 g/mol. The third-order valence-electron chi connectivity index (χ3n) is 4.78. The number of sulfonamides is 1. The molecular weight excluding hydrogens is 382 g/mol. The van der Waals surface area contributed by atoms with E-state index in [9.17, 15) is 13.2 Å². The lowest BCUT2D eigenvalue weighted by Crippen LogP contribution is -2.43. The van der Waals surface area contributed by atoms with Gasteiger partial charge in [0.25, 0.3) is 10.0 Å². The number of amides is 1. The highest BCUT2D eigenvalue weighted by Crippen LogP contribution is 2.31. The molecule has 1 saturated heterocycles. The maximum absolute atomic E-state index is 12.9. The van der Waals surface area contributed by atoms with Crippen molar-refractivity contribution >= 4 is 39.2 Å². The van der Waals surface area contributed by atoms with Crippen molar-refractivity contribution in [1.82, 2.24) is 4.90 Å². The Bertz CT molecular complexity index is 1030. The van der Waals surface area contributed by atoms with Crippen LogP contribution in [0.4, 0.5) is 5.69 Å². The number of amidine groups is 1. The van der Waals surface area contributed by atoms with Gasteiger partial charge in [-0.1, -0.05) is 18.2 Å². The fourth-order valence-electron chi connectivity index (χ4n) is 3.51. The summed E-state index contributed by atoms with van der Waals surface area (Å²) in [6.45, 7) is 0.603. The minimum Gasteiger partial charge on any atom is -0.343 e. The molecule has 1 amide bonds. The molecule has 0 radical (unpaired) electrons. The fraction of sp³-hybridized carbons (Fsp3) is 0.263. The quantitative estimate of drug-likeness (QED) is 0.800. The summed E-state index contributed by atoms with van der Waals surface area (Å²) in [6.07, 6.45) is 3.45. The number of rotatable bonds is 3. The topological polar surface area (TPSA) is 78.8 Å². The van der Waals surface area contributed by atoms with E-state index in [1.165, 1.54) is 0 Å². The minimum atomic E-state index is -3.70. The van der Waals surface area contributed by atoms with E-state index in [0.717, 1.165) is 17.0 Å². The zero-order valence-corrected chi connectivity index (χ0v) is 16.4. The van der Waals surface area contributed by atoms with Gasteiger partial charge in [0, 0.05) is 22.7 Å². The number of anilines is 1.